The summed E-state index contributed by atoms with van der Waals surface area (Å²) in [6, 6.07) is 14.0. The third-order valence-corrected chi connectivity index (χ3v) is 3.83. The molecule has 142 valence electrons. The summed E-state index contributed by atoms with van der Waals surface area (Å²) in [5, 5.41) is 5.73. The van der Waals surface area contributed by atoms with Crippen LogP contribution in [0, 0.1) is 5.82 Å². The molecular formula is C20H17FN4O3. The molecule has 0 saturated carbocycles. The summed E-state index contributed by atoms with van der Waals surface area (Å²) in [6.07, 6.45) is 1.27. The van der Waals surface area contributed by atoms with Gasteiger partial charge in [0.2, 0.25) is 0 Å². The normalized spacial score (nSPS) is 10.2. The first-order valence-electron chi connectivity index (χ1n) is 8.35. The Morgan fingerprint density at radius 2 is 1.86 bits per heavy atom. The quantitative estimate of drug-likeness (QED) is 0.638. The molecule has 0 aliphatic rings. The highest BCUT2D eigenvalue weighted by molar-refractivity contribution is 6.03. The first-order valence-corrected chi connectivity index (χ1v) is 8.35. The van der Waals surface area contributed by atoms with E-state index in [0.29, 0.717) is 23.6 Å². The highest BCUT2D eigenvalue weighted by Crippen LogP contribution is 2.14. The highest BCUT2D eigenvalue weighted by Gasteiger charge is 2.11. The van der Waals surface area contributed by atoms with Crippen LogP contribution in [0.5, 0.6) is 0 Å². The fraction of sp³-hybridized carbons (Fsp3) is 0.100. The smallest absolute Gasteiger partial charge is 0.337 e. The largest absolute Gasteiger partial charge is 0.465 e. The number of carbonyl (C=O) groups is 2. The lowest BCUT2D eigenvalue weighted by atomic mass is 10.2. The van der Waals surface area contributed by atoms with E-state index in [1.807, 2.05) is 0 Å². The van der Waals surface area contributed by atoms with E-state index in [1.54, 1.807) is 30.3 Å². The number of nitrogens with zero attached hydrogens (tertiary/aromatic N) is 2. The van der Waals surface area contributed by atoms with Gasteiger partial charge in [0.05, 0.1) is 12.7 Å². The van der Waals surface area contributed by atoms with Crippen molar-refractivity contribution in [1.82, 2.24) is 9.97 Å². The van der Waals surface area contributed by atoms with Crippen molar-refractivity contribution in [3.05, 3.63) is 83.6 Å². The van der Waals surface area contributed by atoms with Crippen LogP contribution in [0.2, 0.25) is 0 Å². The van der Waals surface area contributed by atoms with Crippen molar-refractivity contribution in [2.45, 2.75) is 6.54 Å². The van der Waals surface area contributed by atoms with E-state index in [0.717, 1.165) is 5.56 Å². The number of halogens is 1. The number of rotatable bonds is 6. The topological polar surface area (TPSA) is 93.2 Å². The van der Waals surface area contributed by atoms with Crippen molar-refractivity contribution in [2.24, 2.45) is 0 Å². The molecule has 0 spiro atoms. The van der Waals surface area contributed by atoms with E-state index in [-0.39, 0.29) is 11.5 Å². The van der Waals surface area contributed by atoms with Crippen LogP contribution in [-0.4, -0.2) is 29.0 Å². The minimum absolute atomic E-state index is 0.153. The van der Waals surface area contributed by atoms with Crippen molar-refractivity contribution >= 4 is 23.4 Å². The van der Waals surface area contributed by atoms with E-state index in [2.05, 4.69) is 25.3 Å². The molecule has 3 aromatic rings. The maximum absolute atomic E-state index is 12.9. The zero-order valence-corrected chi connectivity index (χ0v) is 15.0. The summed E-state index contributed by atoms with van der Waals surface area (Å²) in [7, 11) is 1.29. The molecule has 0 saturated heterocycles. The molecule has 28 heavy (non-hydrogen) atoms. The molecule has 1 amide bonds. The number of ether oxygens (including phenoxy) is 1. The lowest BCUT2D eigenvalue weighted by Gasteiger charge is -2.08. The molecule has 0 radical (unpaired) electrons. The summed E-state index contributed by atoms with van der Waals surface area (Å²) in [5.41, 5.74) is 1.78. The number of aromatic nitrogens is 2. The second-order valence-corrected chi connectivity index (χ2v) is 5.80. The lowest BCUT2D eigenvalue weighted by molar-refractivity contribution is 0.0600. The molecule has 0 aliphatic heterocycles. The van der Waals surface area contributed by atoms with Gasteiger partial charge in [0.15, 0.2) is 0 Å². The van der Waals surface area contributed by atoms with Gasteiger partial charge < -0.3 is 15.4 Å². The highest BCUT2D eigenvalue weighted by atomic mass is 19.1. The Morgan fingerprint density at radius 1 is 1.07 bits per heavy atom. The monoisotopic (exact) mass is 380 g/mol. The number of carbonyl (C=O) groups excluding carboxylic acids is 2. The predicted octanol–water partition coefficient (Wildman–Crippen LogP) is 3.27. The van der Waals surface area contributed by atoms with Gasteiger partial charge in [-0.2, -0.15) is 0 Å². The number of nitrogens with one attached hydrogen (secondary N) is 2. The Kier molecular flexibility index (Phi) is 5.91. The van der Waals surface area contributed by atoms with Crippen molar-refractivity contribution < 1.29 is 18.7 Å². The van der Waals surface area contributed by atoms with Gasteiger partial charge in [-0.05, 0) is 35.9 Å². The summed E-state index contributed by atoms with van der Waals surface area (Å²) < 4.78 is 17.6. The third kappa shape index (κ3) is 4.88. The second kappa shape index (κ2) is 8.72. The summed E-state index contributed by atoms with van der Waals surface area (Å²) >= 11 is 0. The Labute approximate surface area is 160 Å². The number of methoxy groups -OCH3 is 1. The van der Waals surface area contributed by atoms with Gasteiger partial charge in [0.1, 0.15) is 23.7 Å². The van der Waals surface area contributed by atoms with Crippen LogP contribution in [0.1, 0.15) is 26.4 Å². The van der Waals surface area contributed by atoms with Crippen molar-refractivity contribution in [2.75, 3.05) is 17.7 Å². The average molecular weight is 380 g/mol. The number of hydrogen-bond donors (Lipinski definition) is 2. The summed E-state index contributed by atoms with van der Waals surface area (Å²) in [6.45, 7) is 0.416. The van der Waals surface area contributed by atoms with E-state index in [1.165, 1.54) is 37.7 Å². The minimum Gasteiger partial charge on any atom is -0.465 e. The molecule has 7 nitrogen and oxygen atoms in total. The van der Waals surface area contributed by atoms with Crippen LogP contribution in [0.3, 0.4) is 0 Å². The summed E-state index contributed by atoms with van der Waals surface area (Å²) in [5.74, 6) is -0.798. The Morgan fingerprint density at radius 3 is 2.61 bits per heavy atom. The second-order valence-electron chi connectivity index (χ2n) is 5.80. The molecule has 0 bridgehead atoms. The maximum atomic E-state index is 12.9. The number of anilines is 2. The van der Waals surface area contributed by atoms with E-state index < -0.39 is 11.9 Å². The van der Waals surface area contributed by atoms with Crippen LogP contribution in [0.15, 0.2) is 60.9 Å². The number of hydrogen-bond acceptors (Lipinski definition) is 6. The number of amides is 1. The van der Waals surface area contributed by atoms with Gasteiger partial charge in [-0.3, -0.25) is 4.79 Å². The SMILES string of the molecule is COC(=O)c1cccc(NC(=O)c2cc(NCc3ccc(F)cc3)ncn2)c1. The number of esters is 1. The Balaban J connectivity index is 1.66. The van der Waals surface area contributed by atoms with Crippen LogP contribution in [-0.2, 0) is 11.3 Å². The van der Waals surface area contributed by atoms with Gasteiger partial charge in [0, 0.05) is 18.3 Å². The Hall–Kier alpha value is -3.81. The Bertz CT molecular complexity index is 993. The van der Waals surface area contributed by atoms with E-state index >= 15 is 0 Å². The van der Waals surface area contributed by atoms with Gasteiger partial charge in [-0.15, -0.1) is 0 Å². The van der Waals surface area contributed by atoms with E-state index in [4.69, 9.17) is 0 Å². The molecule has 1 aromatic heterocycles. The van der Waals surface area contributed by atoms with Crippen molar-refractivity contribution in [1.29, 1.82) is 0 Å². The molecule has 1 heterocycles. The van der Waals surface area contributed by atoms with Gasteiger partial charge in [-0.25, -0.2) is 19.2 Å². The molecule has 3 rings (SSSR count). The predicted molar refractivity (Wildman–Crippen MR) is 101 cm³/mol. The standard InChI is InChI=1S/C20H17FN4O3/c1-28-20(27)14-3-2-4-16(9-14)25-19(26)17-10-18(24-12-23-17)22-11-13-5-7-15(21)8-6-13/h2-10,12H,11H2,1H3,(H,25,26)(H,22,23,24). The zero-order chi connectivity index (χ0) is 19.9. The average Bonchev–Trinajstić information content (AvgIpc) is 2.73. The molecule has 0 aliphatic carbocycles. The van der Waals surface area contributed by atoms with Crippen molar-refractivity contribution in [3.63, 3.8) is 0 Å². The molecular weight excluding hydrogens is 363 g/mol. The maximum Gasteiger partial charge on any atom is 0.337 e. The molecule has 0 unspecified atom stereocenters. The first-order chi connectivity index (χ1) is 13.5. The number of benzene rings is 2. The van der Waals surface area contributed by atoms with Crippen LogP contribution in [0.25, 0.3) is 0 Å². The van der Waals surface area contributed by atoms with Gasteiger partial charge >= 0.3 is 5.97 Å². The first kappa shape index (κ1) is 19.0. The van der Waals surface area contributed by atoms with E-state index in [9.17, 15) is 14.0 Å². The van der Waals surface area contributed by atoms with Gasteiger partial charge in [-0.1, -0.05) is 18.2 Å². The molecule has 2 aromatic carbocycles. The summed E-state index contributed by atoms with van der Waals surface area (Å²) in [4.78, 5) is 32.1. The lowest BCUT2D eigenvalue weighted by Crippen LogP contribution is -2.15. The molecule has 2 N–H and O–H groups in total. The van der Waals surface area contributed by atoms with Crippen LogP contribution >= 0.6 is 0 Å². The fourth-order valence-electron chi connectivity index (χ4n) is 2.41. The third-order valence-electron chi connectivity index (χ3n) is 3.83. The molecule has 0 fully saturated rings. The van der Waals surface area contributed by atoms with Crippen LogP contribution in [0.4, 0.5) is 15.9 Å². The van der Waals surface area contributed by atoms with Gasteiger partial charge in [0.25, 0.3) is 5.91 Å². The fourth-order valence-corrected chi connectivity index (χ4v) is 2.41. The molecule has 0 atom stereocenters. The minimum atomic E-state index is -0.495. The molecule has 8 heteroatoms. The van der Waals surface area contributed by atoms with Crippen LogP contribution < -0.4 is 10.6 Å². The van der Waals surface area contributed by atoms with Crippen molar-refractivity contribution in [3.8, 4) is 0 Å². The zero-order valence-electron chi connectivity index (χ0n) is 15.0.